The van der Waals surface area contributed by atoms with Crippen LogP contribution in [-0.4, -0.2) is 48.6 Å². The van der Waals surface area contributed by atoms with Crippen LogP contribution in [0.15, 0.2) is 69.7 Å². The summed E-state index contributed by atoms with van der Waals surface area (Å²) < 4.78 is 17.0. The highest BCUT2D eigenvalue weighted by Crippen LogP contribution is 2.31. The van der Waals surface area contributed by atoms with Crippen molar-refractivity contribution in [2.45, 2.75) is 38.9 Å². The summed E-state index contributed by atoms with van der Waals surface area (Å²) >= 11 is 0. The van der Waals surface area contributed by atoms with Crippen LogP contribution in [0.2, 0.25) is 0 Å². The minimum Gasteiger partial charge on any atom is -0.467 e. The number of furan rings is 2. The summed E-state index contributed by atoms with van der Waals surface area (Å²) in [6, 6.07) is 14.9. The van der Waals surface area contributed by atoms with E-state index in [-0.39, 0.29) is 11.7 Å². The van der Waals surface area contributed by atoms with Gasteiger partial charge in [-0.3, -0.25) is 19.4 Å². The molecule has 0 aliphatic carbocycles. The normalized spacial score (nSPS) is 15.6. The number of para-hydroxylation sites is 1. The van der Waals surface area contributed by atoms with Crippen LogP contribution in [0.1, 0.15) is 48.9 Å². The molecule has 3 heterocycles. The third-order valence-electron chi connectivity index (χ3n) is 5.43. The van der Waals surface area contributed by atoms with Crippen molar-refractivity contribution in [2.24, 2.45) is 0 Å². The smallest absolute Gasteiger partial charge is 0.295 e. The quantitative estimate of drug-likeness (QED) is 0.567. The maximum Gasteiger partial charge on any atom is 0.295 e. The highest BCUT2D eigenvalue weighted by molar-refractivity contribution is 6.08. The highest BCUT2D eigenvalue weighted by atomic mass is 16.5. The molecule has 4 rings (SSSR count). The first kappa shape index (κ1) is 23.8. The molecule has 3 aromatic rings. The van der Waals surface area contributed by atoms with Gasteiger partial charge in [-0.1, -0.05) is 18.2 Å². The van der Waals surface area contributed by atoms with E-state index in [9.17, 15) is 9.59 Å². The Kier molecular flexibility index (Phi) is 7.19. The van der Waals surface area contributed by atoms with E-state index in [4.69, 9.17) is 13.6 Å². The van der Waals surface area contributed by atoms with Crippen molar-refractivity contribution in [1.29, 1.82) is 0 Å². The van der Waals surface area contributed by atoms with Gasteiger partial charge in [-0.25, -0.2) is 0 Å². The molecule has 0 bridgehead atoms. The molecule has 1 atom stereocenters. The number of nitrogens with one attached hydrogen (secondary N) is 1. The van der Waals surface area contributed by atoms with Gasteiger partial charge in [0.25, 0.3) is 11.8 Å². The number of ether oxygens (including phenoxy) is 1. The van der Waals surface area contributed by atoms with Gasteiger partial charge in [0.2, 0.25) is 0 Å². The van der Waals surface area contributed by atoms with E-state index in [1.807, 2.05) is 45.0 Å². The molecular formula is C26H31N3O5. The summed E-state index contributed by atoms with van der Waals surface area (Å²) in [5.74, 6) is 0.433. The molecule has 1 aliphatic heterocycles. The second-order valence-corrected chi connectivity index (χ2v) is 9.32. The molecule has 1 aromatic carbocycles. The first-order valence-corrected chi connectivity index (χ1v) is 11.4. The maximum atomic E-state index is 13.8. The minimum atomic E-state index is -1.02. The monoisotopic (exact) mass is 465 g/mol. The second kappa shape index (κ2) is 10.3. The first-order chi connectivity index (χ1) is 16.3. The number of anilines is 1. The summed E-state index contributed by atoms with van der Waals surface area (Å²) in [7, 11) is 0. The number of hydrogen-bond donors (Lipinski definition) is 1. The van der Waals surface area contributed by atoms with E-state index in [2.05, 4.69) is 10.2 Å². The molecule has 180 valence electrons. The fourth-order valence-electron chi connectivity index (χ4n) is 3.91. The van der Waals surface area contributed by atoms with Gasteiger partial charge in [0.1, 0.15) is 11.5 Å². The molecule has 1 saturated heterocycles. The van der Waals surface area contributed by atoms with Crippen LogP contribution in [0.4, 0.5) is 5.69 Å². The third kappa shape index (κ3) is 5.76. The number of rotatable bonds is 7. The van der Waals surface area contributed by atoms with Gasteiger partial charge in [-0.15, -0.1) is 0 Å². The zero-order valence-electron chi connectivity index (χ0n) is 19.8. The van der Waals surface area contributed by atoms with Crippen molar-refractivity contribution in [3.05, 3.63) is 78.1 Å². The average molecular weight is 466 g/mol. The van der Waals surface area contributed by atoms with Crippen molar-refractivity contribution >= 4 is 17.5 Å². The Morgan fingerprint density at radius 3 is 2.41 bits per heavy atom. The zero-order chi connectivity index (χ0) is 24.1. The summed E-state index contributed by atoms with van der Waals surface area (Å²) in [6.07, 6.45) is 1.49. The Labute approximate surface area is 199 Å². The lowest BCUT2D eigenvalue weighted by atomic mass is 10.1. The molecule has 1 aliphatic rings. The predicted octanol–water partition coefficient (Wildman–Crippen LogP) is 4.01. The van der Waals surface area contributed by atoms with E-state index in [1.54, 1.807) is 30.3 Å². The van der Waals surface area contributed by atoms with Crippen molar-refractivity contribution < 1.29 is 23.2 Å². The summed E-state index contributed by atoms with van der Waals surface area (Å²) in [5, 5.41) is 2.98. The number of carbonyl (C=O) groups excluding carboxylic acids is 2. The Bertz CT molecular complexity index is 1080. The van der Waals surface area contributed by atoms with Crippen LogP contribution >= 0.6 is 0 Å². The second-order valence-electron chi connectivity index (χ2n) is 9.32. The maximum absolute atomic E-state index is 13.8. The van der Waals surface area contributed by atoms with Gasteiger partial charge in [-0.2, -0.15) is 0 Å². The van der Waals surface area contributed by atoms with Crippen molar-refractivity contribution in [2.75, 3.05) is 31.2 Å². The molecule has 0 radical (unpaired) electrons. The Morgan fingerprint density at radius 1 is 1.03 bits per heavy atom. The van der Waals surface area contributed by atoms with E-state index >= 15 is 0 Å². The van der Waals surface area contributed by atoms with Crippen LogP contribution in [0.25, 0.3) is 0 Å². The summed E-state index contributed by atoms with van der Waals surface area (Å²) in [6.45, 7) is 9.26. The molecule has 0 unspecified atom stereocenters. The third-order valence-corrected chi connectivity index (χ3v) is 5.43. The van der Waals surface area contributed by atoms with E-state index in [0.29, 0.717) is 37.0 Å². The topological polar surface area (TPSA) is 88.2 Å². The molecule has 1 N–H and O–H groups in total. The molecule has 0 spiro atoms. The predicted molar refractivity (Wildman–Crippen MR) is 127 cm³/mol. The van der Waals surface area contributed by atoms with Crippen molar-refractivity contribution in [3.63, 3.8) is 0 Å². The number of morpholine rings is 1. The fraction of sp³-hybridized carbons (Fsp3) is 0.385. The van der Waals surface area contributed by atoms with Crippen LogP contribution in [-0.2, 0) is 16.1 Å². The Morgan fingerprint density at radius 2 is 1.76 bits per heavy atom. The van der Waals surface area contributed by atoms with Crippen LogP contribution < -0.4 is 10.2 Å². The van der Waals surface area contributed by atoms with Gasteiger partial charge in [-0.05, 0) is 57.2 Å². The van der Waals surface area contributed by atoms with E-state index in [0.717, 1.165) is 13.1 Å². The molecule has 8 heteroatoms. The van der Waals surface area contributed by atoms with Gasteiger partial charge >= 0.3 is 0 Å². The van der Waals surface area contributed by atoms with Crippen molar-refractivity contribution in [1.82, 2.24) is 10.2 Å². The average Bonchev–Trinajstić information content (AvgIpc) is 3.49. The minimum absolute atomic E-state index is 0.159. The molecule has 0 saturated carbocycles. The lowest BCUT2D eigenvalue weighted by Gasteiger charge is -2.31. The summed E-state index contributed by atoms with van der Waals surface area (Å²) in [5.41, 5.74) is 0.0627. The van der Waals surface area contributed by atoms with E-state index < -0.39 is 17.5 Å². The zero-order valence-corrected chi connectivity index (χ0v) is 19.8. The number of hydrogen-bond acceptors (Lipinski definition) is 6. The van der Waals surface area contributed by atoms with Crippen LogP contribution in [0, 0.1) is 0 Å². The van der Waals surface area contributed by atoms with Gasteiger partial charge in [0.15, 0.2) is 11.8 Å². The largest absolute Gasteiger partial charge is 0.467 e. The van der Waals surface area contributed by atoms with Gasteiger partial charge in [0, 0.05) is 24.3 Å². The van der Waals surface area contributed by atoms with Crippen LogP contribution in [0.3, 0.4) is 0 Å². The van der Waals surface area contributed by atoms with Crippen LogP contribution in [0.5, 0.6) is 0 Å². The standard InChI is InChI=1S/C26H31N3O5/c1-26(2,3)27-24(30)23(21-10-7-15-33-21)29(19-8-5-4-6-9-19)25(31)22-12-11-20(34-22)18-28-13-16-32-17-14-28/h4-12,15,23H,13-14,16-18H2,1-3H3,(H,27,30)/t23-/m0/s1. The number of amides is 2. The van der Waals surface area contributed by atoms with E-state index in [1.165, 1.54) is 11.2 Å². The molecule has 34 heavy (non-hydrogen) atoms. The molecule has 2 amide bonds. The number of nitrogens with zero attached hydrogens (tertiary/aromatic N) is 2. The molecule has 2 aromatic heterocycles. The summed E-state index contributed by atoms with van der Waals surface area (Å²) in [4.78, 5) is 30.9. The SMILES string of the molecule is CC(C)(C)NC(=O)[C@H](c1ccco1)N(C(=O)c1ccc(CN2CCOCC2)o1)c1ccccc1. The van der Waals surface area contributed by atoms with Gasteiger partial charge < -0.3 is 18.9 Å². The van der Waals surface area contributed by atoms with Gasteiger partial charge in [0.05, 0.1) is 26.0 Å². The Hall–Kier alpha value is -3.36. The lowest BCUT2D eigenvalue weighted by molar-refractivity contribution is -0.124. The lowest BCUT2D eigenvalue weighted by Crippen LogP contribution is -2.49. The van der Waals surface area contributed by atoms with Crippen molar-refractivity contribution in [3.8, 4) is 0 Å². The first-order valence-electron chi connectivity index (χ1n) is 11.4. The molecule has 1 fully saturated rings. The molecule has 8 nitrogen and oxygen atoms in total. The number of carbonyl (C=O) groups is 2. The number of benzene rings is 1. The Balaban J connectivity index is 1.68. The highest BCUT2D eigenvalue weighted by Gasteiger charge is 2.37. The molecular weight excluding hydrogens is 434 g/mol. The fourth-order valence-corrected chi connectivity index (χ4v) is 3.91.